The van der Waals surface area contributed by atoms with Gasteiger partial charge >= 0.3 is 0 Å². The van der Waals surface area contributed by atoms with E-state index in [2.05, 4.69) is 19.0 Å². The number of rotatable bonds is 6. The summed E-state index contributed by atoms with van der Waals surface area (Å²) in [6.45, 7) is 4.10. The topological polar surface area (TPSA) is 60.4 Å². The number of piperidine rings is 1. The molecule has 2 atom stereocenters. The number of benzene rings is 1. The Morgan fingerprint density at radius 2 is 1.96 bits per heavy atom. The molecule has 0 N–H and O–H groups in total. The highest BCUT2D eigenvalue weighted by molar-refractivity contribution is 5.84. The molecular formula is C18H26N2O4. The monoisotopic (exact) mass is 334 g/mol. The molecule has 2 unspecified atom stereocenters. The lowest BCUT2D eigenvalue weighted by atomic mass is 9.97. The van der Waals surface area contributed by atoms with E-state index in [1.807, 2.05) is 4.90 Å². The van der Waals surface area contributed by atoms with Crippen LogP contribution in [0.2, 0.25) is 0 Å². The number of oxime groups is 1. The number of carbonyl (C=O) groups is 1. The van der Waals surface area contributed by atoms with E-state index < -0.39 is 0 Å². The first kappa shape index (κ1) is 18.1. The summed E-state index contributed by atoms with van der Waals surface area (Å²) < 4.78 is 10.5. The predicted molar refractivity (Wildman–Crippen MR) is 92.7 cm³/mol. The highest BCUT2D eigenvalue weighted by atomic mass is 16.6. The molecule has 1 saturated heterocycles. The van der Waals surface area contributed by atoms with Crippen LogP contribution in [0.3, 0.4) is 0 Å². The Morgan fingerprint density at radius 1 is 1.25 bits per heavy atom. The Hall–Kier alpha value is -2.24. The Labute approximate surface area is 143 Å². The fourth-order valence-electron chi connectivity index (χ4n) is 3.11. The molecule has 6 nitrogen and oxygen atoms in total. The number of nitrogens with zero attached hydrogens (tertiary/aromatic N) is 2. The van der Waals surface area contributed by atoms with Crippen molar-refractivity contribution in [1.82, 2.24) is 4.90 Å². The highest BCUT2D eigenvalue weighted by Gasteiger charge is 2.28. The lowest BCUT2D eigenvalue weighted by Crippen LogP contribution is -2.48. The Balaban J connectivity index is 1.93. The first-order valence-corrected chi connectivity index (χ1v) is 8.25. The summed E-state index contributed by atoms with van der Waals surface area (Å²) in [5, 5.41) is 3.90. The smallest absolute Gasteiger partial charge is 0.263 e. The average Bonchev–Trinajstić information content (AvgIpc) is 2.58. The van der Waals surface area contributed by atoms with E-state index in [0.29, 0.717) is 11.5 Å². The lowest BCUT2D eigenvalue weighted by molar-refractivity contribution is -0.142. The van der Waals surface area contributed by atoms with Gasteiger partial charge < -0.3 is 19.2 Å². The van der Waals surface area contributed by atoms with Gasteiger partial charge in [0.25, 0.3) is 5.91 Å². The molecular weight excluding hydrogens is 308 g/mol. The van der Waals surface area contributed by atoms with Crippen molar-refractivity contribution in [1.29, 1.82) is 0 Å². The Kier molecular flexibility index (Phi) is 6.46. The SMILES string of the molecule is COc1ccc(OC)c(/C=N/OCC(=O)N2C(C)CCCC2C)c1. The summed E-state index contributed by atoms with van der Waals surface area (Å²) in [6, 6.07) is 5.91. The first-order chi connectivity index (χ1) is 11.6. The number of ether oxygens (including phenoxy) is 2. The summed E-state index contributed by atoms with van der Waals surface area (Å²) in [5.41, 5.74) is 0.726. The van der Waals surface area contributed by atoms with Crippen LogP contribution in [0.25, 0.3) is 0 Å². The van der Waals surface area contributed by atoms with E-state index in [4.69, 9.17) is 14.3 Å². The molecule has 132 valence electrons. The average molecular weight is 334 g/mol. The standard InChI is InChI=1S/C18H26N2O4/c1-13-6-5-7-14(2)20(13)18(21)12-24-19-11-15-10-16(22-3)8-9-17(15)23-4/h8-11,13-14H,5-7,12H2,1-4H3/b19-11+. The van der Waals surface area contributed by atoms with Gasteiger partial charge in [-0.3, -0.25) is 4.79 Å². The molecule has 0 aromatic heterocycles. The number of hydrogen-bond acceptors (Lipinski definition) is 5. The van der Waals surface area contributed by atoms with Crippen molar-refractivity contribution < 1.29 is 19.1 Å². The van der Waals surface area contributed by atoms with Crippen LogP contribution in [0.1, 0.15) is 38.7 Å². The zero-order valence-electron chi connectivity index (χ0n) is 14.8. The van der Waals surface area contributed by atoms with E-state index in [1.54, 1.807) is 32.4 Å². The number of carbonyl (C=O) groups excluding carboxylic acids is 1. The minimum Gasteiger partial charge on any atom is -0.497 e. The minimum atomic E-state index is -0.0581. The maximum Gasteiger partial charge on any atom is 0.263 e. The fraction of sp³-hybridized carbons (Fsp3) is 0.556. The van der Waals surface area contributed by atoms with Crippen LogP contribution in [-0.2, 0) is 9.63 Å². The van der Waals surface area contributed by atoms with E-state index in [-0.39, 0.29) is 24.6 Å². The number of hydrogen-bond donors (Lipinski definition) is 0. The van der Waals surface area contributed by atoms with Crippen molar-refractivity contribution in [2.75, 3.05) is 20.8 Å². The van der Waals surface area contributed by atoms with Gasteiger partial charge in [-0.05, 0) is 51.3 Å². The number of likely N-dealkylation sites (tertiary alicyclic amines) is 1. The predicted octanol–water partition coefficient (Wildman–Crippen LogP) is 2.84. The number of methoxy groups -OCH3 is 2. The molecule has 0 spiro atoms. The summed E-state index contributed by atoms with van der Waals surface area (Å²) in [6.07, 6.45) is 4.78. The largest absolute Gasteiger partial charge is 0.497 e. The van der Waals surface area contributed by atoms with E-state index in [1.165, 1.54) is 12.6 Å². The maximum absolute atomic E-state index is 12.3. The normalized spacial score (nSPS) is 20.9. The molecule has 6 heteroatoms. The quantitative estimate of drug-likeness (QED) is 0.593. The Bertz CT molecular complexity index is 578. The van der Waals surface area contributed by atoms with Gasteiger partial charge in [-0.1, -0.05) is 5.16 Å². The molecule has 2 rings (SSSR count). The third-order valence-corrected chi connectivity index (χ3v) is 4.37. The summed E-state index contributed by atoms with van der Waals surface area (Å²) in [7, 11) is 3.18. The van der Waals surface area contributed by atoms with Crippen molar-refractivity contribution in [2.45, 2.75) is 45.2 Å². The summed E-state index contributed by atoms with van der Waals surface area (Å²) >= 11 is 0. The zero-order chi connectivity index (χ0) is 17.5. The molecule has 1 fully saturated rings. The van der Waals surface area contributed by atoms with Gasteiger partial charge in [-0.2, -0.15) is 0 Å². The second-order valence-electron chi connectivity index (χ2n) is 6.05. The fourth-order valence-corrected chi connectivity index (χ4v) is 3.11. The van der Waals surface area contributed by atoms with Crippen LogP contribution in [-0.4, -0.2) is 49.9 Å². The highest BCUT2D eigenvalue weighted by Crippen LogP contribution is 2.23. The van der Waals surface area contributed by atoms with Crippen molar-refractivity contribution >= 4 is 12.1 Å². The van der Waals surface area contributed by atoms with Gasteiger partial charge in [-0.15, -0.1) is 0 Å². The molecule has 1 aromatic rings. The van der Waals surface area contributed by atoms with Gasteiger partial charge in [-0.25, -0.2) is 0 Å². The molecule has 0 bridgehead atoms. The van der Waals surface area contributed by atoms with Gasteiger partial charge in [0.2, 0.25) is 0 Å². The van der Waals surface area contributed by atoms with E-state index in [0.717, 1.165) is 18.4 Å². The lowest BCUT2D eigenvalue weighted by Gasteiger charge is -2.38. The van der Waals surface area contributed by atoms with Gasteiger partial charge in [0.1, 0.15) is 11.5 Å². The van der Waals surface area contributed by atoms with Crippen LogP contribution >= 0.6 is 0 Å². The maximum atomic E-state index is 12.3. The van der Waals surface area contributed by atoms with Crippen molar-refractivity contribution in [3.8, 4) is 11.5 Å². The second-order valence-corrected chi connectivity index (χ2v) is 6.05. The van der Waals surface area contributed by atoms with Crippen LogP contribution in [0.4, 0.5) is 0 Å². The molecule has 1 aromatic carbocycles. The third kappa shape index (κ3) is 4.40. The minimum absolute atomic E-state index is 0.0237. The van der Waals surface area contributed by atoms with Gasteiger partial charge in [0.05, 0.1) is 20.4 Å². The van der Waals surface area contributed by atoms with Crippen molar-refractivity contribution in [3.05, 3.63) is 23.8 Å². The summed E-state index contributed by atoms with van der Waals surface area (Å²) in [5.74, 6) is 1.33. The van der Waals surface area contributed by atoms with E-state index >= 15 is 0 Å². The van der Waals surface area contributed by atoms with Gasteiger partial charge in [0, 0.05) is 17.6 Å². The number of amides is 1. The third-order valence-electron chi connectivity index (χ3n) is 4.37. The Morgan fingerprint density at radius 3 is 2.58 bits per heavy atom. The molecule has 0 radical (unpaired) electrons. The van der Waals surface area contributed by atoms with Crippen molar-refractivity contribution in [3.63, 3.8) is 0 Å². The second kappa shape index (κ2) is 8.57. The van der Waals surface area contributed by atoms with Crippen molar-refractivity contribution in [2.24, 2.45) is 5.16 Å². The first-order valence-electron chi connectivity index (χ1n) is 8.25. The molecule has 24 heavy (non-hydrogen) atoms. The molecule has 1 aliphatic rings. The summed E-state index contributed by atoms with van der Waals surface area (Å²) in [4.78, 5) is 19.4. The molecule has 1 aliphatic heterocycles. The zero-order valence-corrected chi connectivity index (χ0v) is 14.8. The van der Waals surface area contributed by atoms with Crippen LogP contribution in [0.5, 0.6) is 11.5 Å². The molecule has 1 heterocycles. The molecule has 0 aliphatic carbocycles. The van der Waals surface area contributed by atoms with E-state index in [9.17, 15) is 4.79 Å². The van der Waals surface area contributed by atoms with Crippen LogP contribution < -0.4 is 9.47 Å². The van der Waals surface area contributed by atoms with Crippen LogP contribution in [0, 0.1) is 0 Å². The molecule has 1 amide bonds. The molecule has 0 saturated carbocycles. The van der Waals surface area contributed by atoms with Crippen LogP contribution in [0.15, 0.2) is 23.4 Å². The van der Waals surface area contributed by atoms with Gasteiger partial charge in [0.15, 0.2) is 6.61 Å².